The van der Waals surface area contributed by atoms with Crippen molar-refractivity contribution in [3.63, 3.8) is 0 Å². The summed E-state index contributed by atoms with van der Waals surface area (Å²) < 4.78 is 0. The van der Waals surface area contributed by atoms with Gasteiger partial charge in [-0.05, 0) is 24.3 Å². The number of rotatable bonds is 2. The second-order valence-corrected chi connectivity index (χ2v) is 4.21. The molecule has 2 unspecified atom stereocenters. The topological polar surface area (TPSA) is 20.2 Å². The van der Waals surface area contributed by atoms with Crippen molar-refractivity contribution in [3.05, 3.63) is 22.4 Å². The minimum atomic E-state index is -0.356. The van der Waals surface area contributed by atoms with Crippen LogP contribution in [0.5, 0.6) is 0 Å². The van der Waals surface area contributed by atoms with Crippen molar-refractivity contribution in [2.75, 3.05) is 0 Å². The second kappa shape index (κ2) is 2.32. The fourth-order valence-corrected chi connectivity index (χ4v) is 2.48. The van der Waals surface area contributed by atoms with E-state index in [4.69, 9.17) is 0 Å². The lowest BCUT2D eigenvalue weighted by Gasteiger charge is -2.03. The predicted molar refractivity (Wildman–Crippen MR) is 46.9 cm³/mol. The molecule has 2 heteroatoms. The fraction of sp³-hybridized carbons (Fsp3) is 0.556. The first-order chi connectivity index (χ1) is 5.26. The summed E-state index contributed by atoms with van der Waals surface area (Å²) in [6, 6.07) is 4.16. The van der Waals surface area contributed by atoms with E-state index in [2.05, 4.69) is 17.5 Å². The third-order valence-electron chi connectivity index (χ3n) is 2.54. The van der Waals surface area contributed by atoms with Gasteiger partial charge in [-0.3, -0.25) is 0 Å². The molecule has 0 aromatic carbocycles. The summed E-state index contributed by atoms with van der Waals surface area (Å²) in [5, 5.41) is 11.8. The van der Waals surface area contributed by atoms with E-state index in [0.29, 0.717) is 5.92 Å². The monoisotopic (exact) mass is 168 g/mol. The van der Waals surface area contributed by atoms with Crippen molar-refractivity contribution < 1.29 is 5.11 Å². The van der Waals surface area contributed by atoms with Crippen LogP contribution in [-0.2, 0) is 0 Å². The molecule has 1 fully saturated rings. The van der Waals surface area contributed by atoms with Crippen molar-refractivity contribution in [1.29, 1.82) is 0 Å². The molecule has 11 heavy (non-hydrogen) atoms. The molecule has 60 valence electrons. The second-order valence-electron chi connectivity index (χ2n) is 3.23. The van der Waals surface area contributed by atoms with Gasteiger partial charge < -0.3 is 5.11 Å². The average Bonchev–Trinajstić information content (AvgIpc) is 2.53. The standard InChI is InChI=1S/C9H12OS/c1-2-9(10)6-7(9)8-4-3-5-11-8/h3-5,7,10H,2,6H2,1H3. The summed E-state index contributed by atoms with van der Waals surface area (Å²) >= 11 is 1.75. The zero-order chi connectivity index (χ0) is 7.90. The highest BCUT2D eigenvalue weighted by molar-refractivity contribution is 7.10. The van der Waals surface area contributed by atoms with Gasteiger partial charge in [-0.25, -0.2) is 0 Å². The van der Waals surface area contributed by atoms with Crippen LogP contribution in [0.1, 0.15) is 30.6 Å². The minimum absolute atomic E-state index is 0.356. The maximum Gasteiger partial charge on any atom is 0.0729 e. The highest BCUT2D eigenvalue weighted by Gasteiger charge is 2.52. The fourth-order valence-electron chi connectivity index (χ4n) is 1.54. The lowest BCUT2D eigenvalue weighted by atomic mass is 10.2. The Morgan fingerprint density at radius 1 is 1.82 bits per heavy atom. The first-order valence-corrected chi connectivity index (χ1v) is 4.90. The number of hydrogen-bond donors (Lipinski definition) is 1. The SMILES string of the molecule is CCC1(O)CC1c1cccs1. The van der Waals surface area contributed by atoms with Crippen molar-refractivity contribution >= 4 is 11.3 Å². The molecule has 0 bridgehead atoms. The summed E-state index contributed by atoms with van der Waals surface area (Å²) in [5.74, 6) is 0.437. The Hall–Kier alpha value is -0.340. The summed E-state index contributed by atoms with van der Waals surface area (Å²) in [4.78, 5) is 1.34. The summed E-state index contributed by atoms with van der Waals surface area (Å²) in [7, 11) is 0. The first-order valence-electron chi connectivity index (χ1n) is 4.02. The normalized spacial score (nSPS) is 35.6. The Balaban J connectivity index is 2.13. The summed E-state index contributed by atoms with van der Waals surface area (Å²) in [5.41, 5.74) is -0.356. The lowest BCUT2D eigenvalue weighted by Crippen LogP contribution is -2.06. The zero-order valence-corrected chi connectivity index (χ0v) is 7.40. The van der Waals surface area contributed by atoms with Gasteiger partial charge in [0.05, 0.1) is 5.60 Å². The van der Waals surface area contributed by atoms with Crippen LogP contribution in [0, 0.1) is 0 Å². The highest BCUT2D eigenvalue weighted by Crippen LogP contribution is 2.54. The lowest BCUT2D eigenvalue weighted by molar-refractivity contribution is 0.139. The van der Waals surface area contributed by atoms with Gasteiger partial charge in [0.2, 0.25) is 0 Å². The molecule has 0 saturated heterocycles. The Morgan fingerprint density at radius 2 is 2.64 bits per heavy atom. The van der Waals surface area contributed by atoms with E-state index in [1.54, 1.807) is 11.3 Å². The van der Waals surface area contributed by atoms with E-state index in [1.165, 1.54) is 4.88 Å². The Kier molecular flexibility index (Phi) is 1.55. The Bertz CT molecular complexity index is 242. The van der Waals surface area contributed by atoms with Crippen molar-refractivity contribution in [2.45, 2.75) is 31.3 Å². The molecule has 1 saturated carbocycles. The highest BCUT2D eigenvalue weighted by atomic mass is 32.1. The van der Waals surface area contributed by atoms with E-state index in [-0.39, 0.29) is 5.60 Å². The first kappa shape index (κ1) is 7.32. The molecule has 1 N–H and O–H groups in total. The van der Waals surface area contributed by atoms with Gasteiger partial charge in [0.1, 0.15) is 0 Å². The van der Waals surface area contributed by atoms with Crippen LogP contribution in [0.3, 0.4) is 0 Å². The molecule has 0 radical (unpaired) electrons. The van der Waals surface area contributed by atoms with Crippen LogP contribution in [0.15, 0.2) is 17.5 Å². The molecule has 0 amide bonds. The van der Waals surface area contributed by atoms with Crippen LogP contribution in [-0.4, -0.2) is 10.7 Å². The van der Waals surface area contributed by atoms with Crippen molar-refractivity contribution in [1.82, 2.24) is 0 Å². The van der Waals surface area contributed by atoms with Crippen LogP contribution in [0.25, 0.3) is 0 Å². The van der Waals surface area contributed by atoms with Gasteiger partial charge in [-0.1, -0.05) is 13.0 Å². The molecule has 1 aliphatic carbocycles. The third-order valence-corrected chi connectivity index (χ3v) is 3.53. The third kappa shape index (κ3) is 1.10. The summed E-state index contributed by atoms with van der Waals surface area (Å²) in [6.07, 6.45) is 1.85. The molecule has 2 atom stereocenters. The van der Waals surface area contributed by atoms with Crippen LogP contribution < -0.4 is 0 Å². The molecule has 1 aromatic heterocycles. The Morgan fingerprint density at radius 3 is 3.09 bits per heavy atom. The molecule has 2 rings (SSSR count). The van der Waals surface area contributed by atoms with E-state index < -0.39 is 0 Å². The minimum Gasteiger partial charge on any atom is -0.389 e. The molecular formula is C9H12OS. The molecule has 0 aliphatic heterocycles. The zero-order valence-electron chi connectivity index (χ0n) is 6.58. The van der Waals surface area contributed by atoms with E-state index in [1.807, 2.05) is 6.92 Å². The van der Waals surface area contributed by atoms with Gasteiger partial charge >= 0.3 is 0 Å². The number of thiophene rings is 1. The molecule has 1 nitrogen and oxygen atoms in total. The number of aliphatic hydroxyl groups is 1. The van der Waals surface area contributed by atoms with Crippen LogP contribution in [0.4, 0.5) is 0 Å². The largest absolute Gasteiger partial charge is 0.389 e. The molecule has 0 spiro atoms. The number of hydrogen-bond acceptors (Lipinski definition) is 2. The van der Waals surface area contributed by atoms with E-state index >= 15 is 0 Å². The smallest absolute Gasteiger partial charge is 0.0729 e. The molecule has 1 aliphatic rings. The maximum absolute atomic E-state index is 9.78. The van der Waals surface area contributed by atoms with Crippen molar-refractivity contribution in [2.24, 2.45) is 0 Å². The van der Waals surface area contributed by atoms with Gasteiger partial charge in [-0.15, -0.1) is 11.3 Å². The predicted octanol–water partition coefficient (Wildman–Crippen LogP) is 2.38. The van der Waals surface area contributed by atoms with Gasteiger partial charge in [0.15, 0.2) is 0 Å². The van der Waals surface area contributed by atoms with E-state index in [0.717, 1.165) is 12.8 Å². The molecule has 1 heterocycles. The Labute approximate surface area is 70.7 Å². The van der Waals surface area contributed by atoms with Gasteiger partial charge in [0, 0.05) is 10.8 Å². The van der Waals surface area contributed by atoms with Crippen LogP contribution >= 0.6 is 11.3 Å². The molecular weight excluding hydrogens is 156 g/mol. The maximum atomic E-state index is 9.78. The van der Waals surface area contributed by atoms with Gasteiger partial charge in [-0.2, -0.15) is 0 Å². The summed E-state index contributed by atoms with van der Waals surface area (Å²) in [6.45, 7) is 2.05. The van der Waals surface area contributed by atoms with Crippen molar-refractivity contribution in [3.8, 4) is 0 Å². The average molecular weight is 168 g/mol. The quantitative estimate of drug-likeness (QED) is 0.718. The van der Waals surface area contributed by atoms with Crippen LogP contribution in [0.2, 0.25) is 0 Å². The molecule has 1 aromatic rings. The van der Waals surface area contributed by atoms with E-state index in [9.17, 15) is 5.11 Å². The van der Waals surface area contributed by atoms with Gasteiger partial charge in [0.25, 0.3) is 0 Å².